The van der Waals surface area contributed by atoms with Crippen LogP contribution in [0.15, 0.2) is 46.9 Å². The first-order valence-corrected chi connectivity index (χ1v) is 8.76. The molecular weight excluding hydrogens is 418 g/mol. The van der Waals surface area contributed by atoms with Crippen molar-refractivity contribution in [3.8, 4) is 0 Å². The second-order valence-electron chi connectivity index (χ2n) is 6.02. The number of imide groups is 1. The molecule has 0 aromatic heterocycles. The molecule has 1 unspecified atom stereocenters. The Bertz CT molecular complexity index is 958. The van der Waals surface area contributed by atoms with Gasteiger partial charge in [-0.25, -0.2) is 0 Å². The van der Waals surface area contributed by atoms with Gasteiger partial charge in [-0.15, -0.1) is 0 Å². The third-order valence-corrected chi connectivity index (χ3v) is 4.74. The summed E-state index contributed by atoms with van der Waals surface area (Å²) in [6.07, 6.45) is 0. The van der Waals surface area contributed by atoms with Gasteiger partial charge in [0.25, 0.3) is 17.5 Å². The van der Waals surface area contributed by atoms with E-state index in [1.165, 1.54) is 6.07 Å². The van der Waals surface area contributed by atoms with Crippen molar-refractivity contribution in [3.63, 3.8) is 0 Å². The summed E-state index contributed by atoms with van der Waals surface area (Å²) in [5, 5.41) is 13.6. The third-order valence-electron chi connectivity index (χ3n) is 4.21. The number of amides is 3. The Hall–Kier alpha value is -3.07. The number of hydrogen-bond acceptors (Lipinski definition) is 5. The van der Waals surface area contributed by atoms with Gasteiger partial charge in [0.2, 0.25) is 5.91 Å². The summed E-state index contributed by atoms with van der Waals surface area (Å²) in [5.74, 6) is -1.86. The van der Waals surface area contributed by atoms with Crippen molar-refractivity contribution in [3.05, 3.63) is 73.7 Å². The number of nitrogens with one attached hydrogen (secondary N) is 1. The number of fused-ring (bicyclic) bond motifs is 1. The minimum absolute atomic E-state index is 0.0550. The lowest BCUT2D eigenvalue weighted by Gasteiger charge is -2.18. The number of halogens is 1. The van der Waals surface area contributed by atoms with Gasteiger partial charge >= 0.3 is 0 Å². The molecular formula is C18H14BrN3O5. The van der Waals surface area contributed by atoms with Crippen LogP contribution in [0.4, 0.5) is 5.69 Å². The molecule has 3 amide bonds. The first-order chi connectivity index (χ1) is 12.8. The predicted octanol–water partition coefficient (Wildman–Crippen LogP) is 2.83. The summed E-state index contributed by atoms with van der Waals surface area (Å²) in [4.78, 5) is 48.1. The molecule has 1 N–H and O–H groups in total. The normalized spacial score (nSPS) is 14.1. The van der Waals surface area contributed by atoms with E-state index in [-0.39, 0.29) is 22.9 Å². The molecule has 0 fully saturated rings. The van der Waals surface area contributed by atoms with Gasteiger partial charge in [0.15, 0.2) is 0 Å². The minimum Gasteiger partial charge on any atom is -0.348 e. The van der Waals surface area contributed by atoms with Crippen molar-refractivity contribution in [1.82, 2.24) is 10.2 Å². The second kappa shape index (κ2) is 7.28. The van der Waals surface area contributed by atoms with Crippen molar-refractivity contribution in [2.24, 2.45) is 0 Å². The SMILES string of the molecule is CC(NC(=O)CN1C(=O)c2ccc([N+](=O)[O-])cc2C1=O)c1ccc(Br)cc1. The van der Waals surface area contributed by atoms with E-state index in [0.717, 1.165) is 27.1 Å². The van der Waals surface area contributed by atoms with Crippen LogP contribution in [0.1, 0.15) is 39.2 Å². The highest BCUT2D eigenvalue weighted by Gasteiger charge is 2.37. The molecule has 0 bridgehead atoms. The maximum Gasteiger partial charge on any atom is 0.270 e. The maximum absolute atomic E-state index is 12.4. The Morgan fingerprint density at radius 3 is 2.41 bits per heavy atom. The highest BCUT2D eigenvalue weighted by atomic mass is 79.9. The van der Waals surface area contributed by atoms with E-state index in [9.17, 15) is 24.5 Å². The quantitative estimate of drug-likeness (QED) is 0.444. The molecule has 0 saturated carbocycles. The average Bonchev–Trinajstić information content (AvgIpc) is 2.86. The molecule has 0 spiro atoms. The zero-order valence-corrected chi connectivity index (χ0v) is 15.7. The molecule has 8 nitrogen and oxygen atoms in total. The number of hydrogen-bond donors (Lipinski definition) is 1. The lowest BCUT2D eigenvalue weighted by molar-refractivity contribution is -0.384. The molecule has 1 aliphatic rings. The van der Waals surface area contributed by atoms with Crippen LogP contribution in [0, 0.1) is 10.1 Å². The summed E-state index contributed by atoms with van der Waals surface area (Å²) in [6.45, 7) is 1.33. The largest absolute Gasteiger partial charge is 0.348 e. The van der Waals surface area contributed by atoms with Gasteiger partial charge in [-0.3, -0.25) is 29.4 Å². The van der Waals surface area contributed by atoms with Crippen LogP contribution >= 0.6 is 15.9 Å². The van der Waals surface area contributed by atoms with Gasteiger partial charge in [0.05, 0.1) is 22.1 Å². The fraction of sp³-hybridized carbons (Fsp3) is 0.167. The average molecular weight is 432 g/mol. The number of rotatable bonds is 5. The van der Waals surface area contributed by atoms with Gasteiger partial charge in [-0.05, 0) is 30.7 Å². The Morgan fingerprint density at radius 2 is 1.78 bits per heavy atom. The molecule has 2 aromatic rings. The third kappa shape index (κ3) is 3.72. The number of benzene rings is 2. The summed E-state index contributed by atoms with van der Waals surface area (Å²) in [7, 11) is 0. The Morgan fingerprint density at radius 1 is 1.15 bits per heavy atom. The molecule has 9 heteroatoms. The number of nitrogens with zero attached hydrogens (tertiary/aromatic N) is 2. The van der Waals surface area contributed by atoms with Crippen LogP contribution < -0.4 is 5.32 Å². The number of carbonyl (C=O) groups excluding carboxylic acids is 3. The van der Waals surface area contributed by atoms with Crippen LogP contribution in [0.3, 0.4) is 0 Å². The summed E-state index contributed by atoms with van der Waals surface area (Å²) >= 11 is 3.33. The lowest BCUT2D eigenvalue weighted by atomic mass is 10.1. The Labute approximate surface area is 162 Å². The van der Waals surface area contributed by atoms with E-state index in [4.69, 9.17) is 0 Å². The van der Waals surface area contributed by atoms with E-state index in [0.29, 0.717) is 0 Å². The molecule has 138 valence electrons. The molecule has 0 radical (unpaired) electrons. The van der Waals surface area contributed by atoms with E-state index in [1.54, 1.807) is 6.92 Å². The number of carbonyl (C=O) groups is 3. The van der Waals surface area contributed by atoms with Gasteiger partial charge in [-0.1, -0.05) is 28.1 Å². The summed E-state index contributed by atoms with van der Waals surface area (Å²) in [5.41, 5.74) is 0.567. The van der Waals surface area contributed by atoms with Crippen molar-refractivity contribution in [1.29, 1.82) is 0 Å². The minimum atomic E-state index is -0.717. The fourth-order valence-corrected chi connectivity index (χ4v) is 3.07. The van der Waals surface area contributed by atoms with Crippen molar-refractivity contribution >= 4 is 39.3 Å². The molecule has 1 aliphatic heterocycles. The van der Waals surface area contributed by atoms with Crippen molar-refractivity contribution in [2.45, 2.75) is 13.0 Å². The highest BCUT2D eigenvalue weighted by Crippen LogP contribution is 2.26. The topological polar surface area (TPSA) is 110 Å². The molecule has 0 saturated heterocycles. The van der Waals surface area contributed by atoms with Crippen molar-refractivity contribution < 1.29 is 19.3 Å². The standard InChI is InChI=1S/C18H14BrN3O5/c1-10(11-2-4-12(19)5-3-11)20-16(23)9-21-17(24)14-7-6-13(22(26)27)8-15(14)18(21)25/h2-8,10H,9H2,1H3,(H,20,23). The van der Waals surface area contributed by atoms with Crippen LogP contribution in [0.25, 0.3) is 0 Å². The maximum atomic E-state index is 12.4. The van der Waals surface area contributed by atoms with Gasteiger partial charge in [0.1, 0.15) is 6.54 Å². The highest BCUT2D eigenvalue weighted by molar-refractivity contribution is 9.10. The molecule has 27 heavy (non-hydrogen) atoms. The first kappa shape index (κ1) is 18.7. The smallest absolute Gasteiger partial charge is 0.270 e. The molecule has 1 atom stereocenters. The lowest BCUT2D eigenvalue weighted by Crippen LogP contribution is -2.41. The Balaban J connectivity index is 1.71. The molecule has 3 rings (SSSR count). The zero-order chi connectivity index (χ0) is 19.7. The Kier molecular flexibility index (Phi) is 5.04. The van der Waals surface area contributed by atoms with Gasteiger partial charge in [0, 0.05) is 16.6 Å². The van der Waals surface area contributed by atoms with Crippen LogP contribution in [0.5, 0.6) is 0 Å². The second-order valence-corrected chi connectivity index (χ2v) is 6.94. The van der Waals surface area contributed by atoms with E-state index >= 15 is 0 Å². The monoisotopic (exact) mass is 431 g/mol. The molecule has 1 heterocycles. The predicted molar refractivity (Wildman–Crippen MR) is 99.2 cm³/mol. The molecule has 0 aliphatic carbocycles. The summed E-state index contributed by atoms with van der Waals surface area (Å²) < 4.78 is 0.907. The van der Waals surface area contributed by atoms with E-state index < -0.39 is 29.2 Å². The fourth-order valence-electron chi connectivity index (χ4n) is 2.80. The van der Waals surface area contributed by atoms with Crippen LogP contribution in [-0.2, 0) is 4.79 Å². The van der Waals surface area contributed by atoms with Gasteiger partial charge in [-0.2, -0.15) is 0 Å². The first-order valence-electron chi connectivity index (χ1n) is 7.97. The number of nitro benzene ring substituents is 1. The van der Waals surface area contributed by atoms with E-state index in [2.05, 4.69) is 21.2 Å². The summed E-state index contributed by atoms with van der Waals surface area (Å²) in [6, 6.07) is 10.5. The zero-order valence-electron chi connectivity index (χ0n) is 14.1. The van der Waals surface area contributed by atoms with Crippen LogP contribution in [-0.4, -0.2) is 34.1 Å². The van der Waals surface area contributed by atoms with Crippen LogP contribution in [0.2, 0.25) is 0 Å². The molecule has 2 aromatic carbocycles. The van der Waals surface area contributed by atoms with E-state index in [1.807, 2.05) is 24.3 Å². The number of nitro groups is 1. The van der Waals surface area contributed by atoms with Gasteiger partial charge < -0.3 is 5.32 Å². The number of non-ortho nitro benzene ring substituents is 1. The van der Waals surface area contributed by atoms with Crippen molar-refractivity contribution in [2.75, 3.05) is 6.54 Å².